The number of fused-ring (bicyclic) bond motifs is 4. The Hall–Kier alpha value is -15.0. The van der Waals surface area contributed by atoms with Crippen LogP contribution in [0.5, 0.6) is 28.7 Å². The quantitative estimate of drug-likeness (QED) is 0.123. The smallest absolute Gasteiger partial charge is 0.266 e. The van der Waals surface area contributed by atoms with Crippen molar-refractivity contribution in [3.63, 3.8) is 0 Å². The predicted molar refractivity (Wildman–Crippen MR) is 506 cm³/mol. The molecule has 0 atom stereocenters. The SMILES string of the molecule is COc1ccc(/C=C/c2nc3ccccc3c(=O)n2-c2ccc(C#Cc3ccc(C(C)(C)C)cc3)cc2C)c(OC)c1.Cc1cc(C#Cc2ccc(C(C)(C)C)cc2)ccc1-n1c(/C=C/c2cc(C)c(O)c(C)c2)nc2ccccc2c1=O.Cc1cc(C#Cc2ccc(C(C)(C)C)cc2)ccc1-n1c(/C=C/c2ccc3c(c2)OCO3)nc2ccccc2c1=O. The number of nitrogens with zero attached hydrogens (tertiary/aromatic N) is 6. The van der Waals surface area contributed by atoms with Crippen molar-refractivity contribution >= 4 is 69.2 Å². The second-order valence-corrected chi connectivity index (χ2v) is 33.8. The van der Waals surface area contributed by atoms with Crippen LogP contribution in [0.3, 0.4) is 0 Å². The Balaban J connectivity index is 0.000000151. The number of phenols is 1. The highest BCUT2D eigenvalue weighted by Crippen LogP contribution is 2.35. The molecule has 1 aliphatic rings. The highest BCUT2D eigenvalue weighted by Gasteiger charge is 2.21. The zero-order valence-corrected chi connectivity index (χ0v) is 72.8. The molecule has 0 radical (unpaired) electrons. The molecule has 4 heterocycles. The molecule has 15 aromatic rings. The van der Waals surface area contributed by atoms with Gasteiger partial charge in [0.2, 0.25) is 6.79 Å². The van der Waals surface area contributed by atoms with Gasteiger partial charge in [0.05, 0.1) is 64.0 Å². The van der Waals surface area contributed by atoms with Crippen molar-refractivity contribution in [1.29, 1.82) is 0 Å². The van der Waals surface area contributed by atoms with E-state index < -0.39 is 0 Å². The summed E-state index contributed by atoms with van der Waals surface area (Å²) in [5.41, 5.74) is 20.5. The number of benzene rings is 12. The van der Waals surface area contributed by atoms with E-state index in [2.05, 4.69) is 171 Å². The van der Waals surface area contributed by atoms with Crippen molar-refractivity contribution in [2.75, 3.05) is 21.0 Å². The Morgan fingerprint density at radius 1 is 0.347 bits per heavy atom. The Morgan fingerprint density at radius 2 is 0.694 bits per heavy atom. The van der Waals surface area contributed by atoms with E-state index in [4.69, 9.17) is 33.9 Å². The summed E-state index contributed by atoms with van der Waals surface area (Å²) < 4.78 is 26.8. The lowest BCUT2D eigenvalue weighted by atomic mass is 9.87. The molecule has 0 saturated heterocycles. The number of methoxy groups -OCH3 is 2. The maximum Gasteiger partial charge on any atom is 0.266 e. The lowest BCUT2D eigenvalue weighted by Gasteiger charge is -2.18. The molecule has 0 saturated carbocycles. The minimum atomic E-state index is -0.136. The third kappa shape index (κ3) is 19.7. The Labute approximate surface area is 724 Å². The largest absolute Gasteiger partial charge is 0.507 e. The zero-order valence-electron chi connectivity index (χ0n) is 72.8. The Bertz CT molecular complexity index is 7100. The van der Waals surface area contributed by atoms with Gasteiger partial charge in [0.25, 0.3) is 16.7 Å². The van der Waals surface area contributed by atoms with Crippen molar-refractivity contribution in [3.05, 3.63) is 392 Å². The molecule has 0 bridgehead atoms. The molecule has 14 nitrogen and oxygen atoms in total. The summed E-state index contributed by atoms with van der Waals surface area (Å²) in [5, 5.41) is 11.8. The van der Waals surface area contributed by atoms with Gasteiger partial charge in [0.1, 0.15) is 34.7 Å². The minimum Gasteiger partial charge on any atom is -0.507 e. The predicted octanol–water partition coefficient (Wildman–Crippen LogP) is 22.8. The normalized spacial score (nSPS) is 11.8. The van der Waals surface area contributed by atoms with Gasteiger partial charge in [-0.05, 0) is 295 Å². The van der Waals surface area contributed by atoms with Crippen LogP contribution in [0.4, 0.5) is 0 Å². The molecule has 0 spiro atoms. The van der Waals surface area contributed by atoms with Crippen molar-refractivity contribution in [2.45, 2.75) is 113 Å². The van der Waals surface area contributed by atoms with Crippen LogP contribution in [0, 0.1) is 70.1 Å². The number of ether oxygens (including phenoxy) is 4. The van der Waals surface area contributed by atoms with Crippen LogP contribution in [0.2, 0.25) is 0 Å². The summed E-state index contributed by atoms with van der Waals surface area (Å²) in [6.45, 7) is 29.7. The van der Waals surface area contributed by atoms with Gasteiger partial charge in [0, 0.05) is 45.0 Å². The number of rotatable bonds is 11. The standard InChI is InChI=1S/C37H34N2O3.C37H34N2O2.C36H30N2O3/c1-25-23-27(12-11-26-13-18-29(19-14-26)37(2,3)4)15-21-33(25)39-35(38-32-10-8-7-9-31(32)36(39)40)22-17-28-16-20-30(41-5)24-34(28)42-6;1-24-21-28(12-11-27-13-17-30(18-14-27)37(4,5)6)15-19-33(24)39-34(38-32-10-8-7-9-31(32)36(39)41)20-16-29-22-25(2)35(40)26(3)23-29;1-24-21-26(10-9-25-11-16-28(17-12-25)36(2,3)4)13-18-31(24)38-34(37-30-8-6-5-7-29(30)35(38)39)20-15-27-14-19-32-33(22-27)41-23-40-32/h7-10,13-24H,1-6H3;7-10,13-23,40H,1-6H3;5-8,11-22H,23H2,1-4H3/b22-17+;20-16+;20-15+. The molecular weight excluding hydrogens is 1530 g/mol. The van der Waals surface area contributed by atoms with E-state index in [0.29, 0.717) is 73.2 Å². The first-order valence-electron chi connectivity index (χ1n) is 41.2. The van der Waals surface area contributed by atoms with Gasteiger partial charge in [-0.3, -0.25) is 28.1 Å². The molecular formula is C110H98N6O8. The van der Waals surface area contributed by atoms with E-state index in [1.807, 2.05) is 241 Å². The van der Waals surface area contributed by atoms with E-state index in [1.165, 1.54) is 16.7 Å². The summed E-state index contributed by atoms with van der Waals surface area (Å²) in [6.07, 6.45) is 11.3. The molecule has 14 heteroatoms. The van der Waals surface area contributed by atoms with Gasteiger partial charge in [-0.15, -0.1) is 0 Å². The number of aromatic hydroxyl groups is 1. The van der Waals surface area contributed by atoms with Crippen molar-refractivity contribution in [1.82, 2.24) is 28.7 Å². The topological polar surface area (TPSA) is 162 Å². The summed E-state index contributed by atoms with van der Waals surface area (Å²) in [5.74, 6) is 24.3. The van der Waals surface area contributed by atoms with Crippen molar-refractivity contribution in [2.24, 2.45) is 0 Å². The van der Waals surface area contributed by atoms with E-state index in [1.54, 1.807) is 34.0 Å². The molecule has 0 fully saturated rings. The van der Waals surface area contributed by atoms with Crippen molar-refractivity contribution < 1.29 is 24.1 Å². The molecule has 16 rings (SSSR count). The third-order valence-corrected chi connectivity index (χ3v) is 21.6. The summed E-state index contributed by atoms with van der Waals surface area (Å²) in [6, 6.07) is 80.2. The molecule has 616 valence electrons. The Morgan fingerprint density at radius 3 is 1.06 bits per heavy atom. The zero-order chi connectivity index (χ0) is 87.7. The molecule has 0 aliphatic carbocycles. The number of para-hydroxylation sites is 3. The average molecular weight is 1630 g/mol. The maximum absolute atomic E-state index is 13.8. The number of aromatic nitrogens is 6. The molecule has 0 unspecified atom stereocenters. The van der Waals surface area contributed by atoms with Crippen LogP contribution in [-0.2, 0) is 16.2 Å². The van der Waals surface area contributed by atoms with Gasteiger partial charge >= 0.3 is 0 Å². The molecule has 3 aromatic heterocycles. The minimum absolute atomic E-state index is 0.101. The van der Waals surface area contributed by atoms with Crippen LogP contribution >= 0.6 is 0 Å². The number of hydrogen-bond donors (Lipinski definition) is 1. The molecule has 12 aromatic carbocycles. The first-order chi connectivity index (χ1) is 59.4. The highest BCUT2D eigenvalue weighted by molar-refractivity contribution is 5.84. The van der Waals surface area contributed by atoms with Gasteiger partial charge in [-0.2, -0.15) is 0 Å². The number of hydrogen-bond acceptors (Lipinski definition) is 11. The second kappa shape index (κ2) is 36.5. The fraction of sp³-hybridized carbons (Fsp3) is 0.182. The van der Waals surface area contributed by atoms with Crippen molar-refractivity contribution in [3.8, 4) is 81.3 Å². The van der Waals surface area contributed by atoms with E-state index >= 15 is 0 Å². The van der Waals surface area contributed by atoms with E-state index in [0.717, 1.165) is 101 Å². The Kier molecular flexibility index (Phi) is 25.1. The van der Waals surface area contributed by atoms with Crippen LogP contribution in [0.15, 0.2) is 263 Å². The van der Waals surface area contributed by atoms with Crippen LogP contribution in [0.25, 0.3) is 86.2 Å². The molecule has 0 amide bonds. The first-order valence-corrected chi connectivity index (χ1v) is 41.2. The fourth-order valence-electron chi connectivity index (χ4n) is 14.6. The van der Waals surface area contributed by atoms with Crippen LogP contribution in [-0.4, -0.2) is 54.8 Å². The van der Waals surface area contributed by atoms with Crippen LogP contribution < -0.4 is 35.6 Å². The third-order valence-electron chi connectivity index (χ3n) is 21.6. The second-order valence-electron chi connectivity index (χ2n) is 33.8. The van der Waals surface area contributed by atoms with Gasteiger partial charge in [0.15, 0.2) is 11.5 Å². The lowest BCUT2D eigenvalue weighted by Crippen LogP contribution is -2.23. The molecule has 1 aliphatic heterocycles. The fourth-order valence-corrected chi connectivity index (χ4v) is 14.6. The first kappa shape index (κ1) is 85.4. The molecule has 1 N–H and O–H groups in total. The average Bonchev–Trinajstić information content (AvgIpc) is 0.811. The summed E-state index contributed by atoms with van der Waals surface area (Å²) in [7, 11) is 3.23. The summed E-state index contributed by atoms with van der Waals surface area (Å²) >= 11 is 0. The van der Waals surface area contributed by atoms with Crippen LogP contribution in [0.1, 0.15) is 174 Å². The van der Waals surface area contributed by atoms with E-state index in [-0.39, 0.29) is 39.7 Å². The number of phenolic OH excluding ortho intramolecular Hbond substituents is 1. The highest BCUT2D eigenvalue weighted by atomic mass is 16.7. The summed E-state index contributed by atoms with van der Waals surface area (Å²) in [4.78, 5) is 56.0. The number of aryl methyl sites for hydroxylation is 5. The van der Waals surface area contributed by atoms with Gasteiger partial charge in [-0.1, -0.05) is 189 Å². The monoisotopic (exact) mass is 1630 g/mol. The molecule has 124 heavy (non-hydrogen) atoms. The van der Waals surface area contributed by atoms with E-state index in [9.17, 15) is 19.5 Å². The maximum atomic E-state index is 13.8. The van der Waals surface area contributed by atoms with Gasteiger partial charge < -0.3 is 24.1 Å². The van der Waals surface area contributed by atoms with Gasteiger partial charge in [-0.25, -0.2) is 15.0 Å². The lowest BCUT2D eigenvalue weighted by molar-refractivity contribution is 0.174.